The molecule has 5 rings (SSSR count). The van der Waals surface area contributed by atoms with E-state index in [2.05, 4.69) is 85.7 Å². The van der Waals surface area contributed by atoms with Crippen molar-refractivity contribution in [1.82, 2.24) is 18.7 Å². The minimum atomic E-state index is -0.0233. The molecule has 1 unspecified atom stereocenters. The summed E-state index contributed by atoms with van der Waals surface area (Å²) in [5, 5.41) is 4.93. The van der Waals surface area contributed by atoms with Crippen molar-refractivity contribution in [2.45, 2.75) is 19.4 Å². The summed E-state index contributed by atoms with van der Waals surface area (Å²) < 4.78 is 8.53. The molecule has 1 aliphatic heterocycles. The molecule has 3 aromatic heterocycles. The predicted octanol–water partition coefficient (Wildman–Crippen LogP) is 5.60. The van der Waals surface area contributed by atoms with Crippen LogP contribution in [0.25, 0.3) is 28.2 Å². The van der Waals surface area contributed by atoms with E-state index in [0.29, 0.717) is 0 Å². The van der Waals surface area contributed by atoms with Crippen LogP contribution in [0.5, 0.6) is 0 Å². The van der Waals surface area contributed by atoms with E-state index < -0.39 is 0 Å². The summed E-state index contributed by atoms with van der Waals surface area (Å²) in [6.07, 6.45) is 13.2. The van der Waals surface area contributed by atoms with Gasteiger partial charge < -0.3 is 10.3 Å². The molecule has 2 N–H and O–H groups in total. The van der Waals surface area contributed by atoms with Gasteiger partial charge in [-0.3, -0.25) is 0 Å². The van der Waals surface area contributed by atoms with Gasteiger partial charge in [0.15, 0.2) is 0 Å². The summed E-state index contributed by atoms with van der Waals surface area (Å²) in [5.41, 5.74) is 7.60. The molecular weight excluding hydrogens is 366 g/mol. The van der Waals surface area contributed by atoms with Crippen LogP contribution in [-0.2, 0) is 0 Å². The van der Waals surface area contributed by atoms with Gasteiger partial charge in [-0.25, -0.2) is 4.98 Å². The lowest BCUT2D eigenvalue weighted by Gasteiger charge is -2.20. The SMILES string of the molecule is CC/C=C\C(=C/c1cnsn1)C1Nc2ccccc2-c2ccnc3[nH]cc1c23. The van der Waals surface area contributed by atoms with Crippen molar-refractivity contribution in [2.24, 2.45) is 0 Å². The summed E-state index contributed by atoms with van der Waals surface area (Å²) in [7, 11) is 0. The van der Waals surface area contributed by atoms with E-state index in [1.165, 1.54) is 28.4 Å². The second kappa shape index (κ2) is 7.05. The average Bonchev–Trinajstić information content (AvgIpc) is 3.36. The quantitative estimate of drug-likeness (QED) is 0.449. The Morgan fingerprint density at radius 1 is 1.21 bits per heavy atom. The van der Waals surface area contributed by atoms with Crippen molar-refractivity contribution >= 4 is 34.5 Å². The first-order valence-corrected chi connectivity index (χ1v) is 10.1. The number of pyridine rings is 1. The third-order valence-electron chi connectivity index (χ3n) is 5.00. The number of para-hydroxylation sites is 1. The van der Waals surface area contributed by atoms with E-state index in [9.17, 15) is 0 Å². The number of benzene rings is 1. The van der Waals surface area contributed by atoms with Crippen LogP contribution < -0.4 is 5.32 Å². The maximum atomic E-state index is 4.55. The number of nitrogens with zero attached hydrogens (tertiary/aromatic N) is 3. The zero-order chi connectivity index (χ0) is 18.9. The van der Waals surface area contributed by atoms with E-state index in [1.54, 1.807) is 6.20 Å². The van der Waals surface area contributed by atoms with Crippen LogP contribution in [-0.4, -0.2) is 18.7 Å². The second-order valence-corrected chi connectivity index (χ2v) is 7.29. The fourth-order valence-electron chi connectivity index (χ4n) is 3.76. The molecule has 0 spiro atoms. The molecule has 0 amide bonds. The highest BCUT2D eigenvalue weighted by Gasteiger charge is 2.26. The highest BCUT2D eigenvalue weighted by Crippen LogP contribution is 2.43. The Morgan fingerprint density at radius 3 is 3.00 bits per heavy atom. The Kier molecular flexibility index (Phi) is 4.25. The molecule has 28 heavy (non-hydrogen) atoms. The van der Waals surface area contributed by atoms with E-state index in [0.717, 1.165) is 34.4 Å². The monoisotopic (exact) mass is 385 g/mol. The molecule has 4 aromatic rings. The van der Waals surface area contributed by atoms with Gasteiger partial charge in [0.2, 0.25) is 0 Å². The van der Waals surface area contributed by atoms with Crippen molar-refractivity contribution in [3.05, 3.63) is 77.9 Å². The zero-order valence-corrected chi connectivity index (χ0v) is 16.2. The van der Waals surface area contributed by atoms with Crippen LogP contribution in [0.4, 0.5) is 5.69 Å². The Balaban J connectivity index is 1.76. The lowest BCUT2D eigenvalue weighted by Crippen LogP contribution is -2.11. The summed E-state index contributed by atoms with van der Waals surface area (Å²) >= 11 is 1.22. The lowest BCUT2D eigenvalue weighted by molar-refractivity contribution is 0.956. The molecule has 138 valence electrons. The normalized spacial score (nSPS) is 16.2. The minimum Gasteiger partial charge on any atom is -0.374 e. The zero-order valence-electron chi connectivity index (χ0n) is 15.4. The summed E-state index contributed by atoms with van der Waals surface area (Å²) in [4.78, 5) is 7.90. The number of rotatable bonds is 4. The molecule has 0 fully saturated rings. The third kappa shape index (κ3) is 2.82. The standard InChI is InChI=1S/C22H19N5S/c1-2-3-6-14(11-15-12-25-28-27-15)21-18-13-24-22-20(18)17(9-10-23-22)16-7-4-5-8-19(16)26-21/h3-13,21,26H,2H2,1H3,(H,23,24)/b6-3-,14-11+. The Hall–Kier alpha value is -3.25. The van der Waals surface area contributed by atoms with Crippen LogP contribution in [0.2, 0.25) is 0 Å². The molecule has 1 aromatic carbocycles. The number of nitrogens with one attached hydrogen (secondary N) is 2. The first kappa shape index (κ1) is 16.9. The van der Waals surface area contributed by atoms with Crippen molar-refractivity contribution in [2.75, 3.05) is 5.32 Å². The van der Waals surface area contributed by atoms with Crippen LogP contribution in [0.15, 0.2) is 66.6 Å². The topological polar surface area (TPSA) is 66.5 Å². The molecule has 5 nitrogen and oxygen atoms in total. The molecule has 0 bridgehead atoms. The number of aromatic nitrogens is 4. The van der Waals surface area contributed by atoms with Crippen LogP contribution >= 0.6 is 11.7 Å². The number of allylic oxidation sites excluding steroid dienone is 1. The molecule has 0 saturated heterocycles. The Labute approximate surface area is 167 Å². The van der Waals surface area contributed by atoms with Gasteiger partial charge in [0.25, 0.3) is 0 Å². The molecule has 1 aliphatic rings. The predicted molar refractivity (Wildman–Crippen MR) is 115 cm³/mol. The first-order valence-electron chi connectivity index (χ1n) is 9.32. The largest absolute Gasteiger partial charge is 0.374 e. The van der Waals surface area contributed by atoms with Crippen LogP contribution in [0.3, 0.4) is 0 Å². The number of fused-ring (bicyclic) bond motifs is 2. The highest BCUT2D eigenvalue weighted by atomic mass is 32.1. The maximum Gasteiger partial charge on any atom is 0.138 e. The van der Waals surface area contributed by atoms with Gasteiger partial charge in [-0.2, -0.15) is 8.75 Å². The van der Waals surface area contributed by atoms with Gasteiger partial charge in [-0.05, 0) is 35.8 Å². The molecule has 0 saturated carbocycles. The fraction of sp³-hybridized carbons (Fsp3) is 0.136. The average molecular weight is 385 g/mol. The second-order valence-electron chi connectivity index (χ2n) is 6.74. The molecule has 0 radical (unpaired) electrons. The number of hydrogen-bond donors (Lipinski definition) is 2. The first-order chi connectivity index (χ1) is 13.8. The van der Waals surface area contributed by atoms with Gasteiger partial charge in [0.05, 0.1) is 29.7 Å². The van der Waals surface area contributed by atoms with Crippen molar-refractivity contribution in [1.29, 1.82) is 0 Å². The van der Waals surface area contributed by atoms with E-state index in [1.807, 2.05) is 6.20 Å². The number of hydrogen-bond acceptors (Lipinski definition) is 5. The van der Waals surface area contributed by atoms with E-state index in [4.69, 9.17) is 0 Å². The lowest BCUT2D eigenvalue weighted by atomic mass is 9.96. The van der Waals surface area contributed by atoms with Crippen LogP contribution in [0, 0.1) is 0 Å². The smallest absolute Gasteiger partial charge is 0.138 e. The van der Waals surface area contributed by atoms with Crippen molar-refractivity contribution in [3.63, 3.8) is 0 Å². The van der Waals surface area contributed by atoms with Crippen molar-refractivity contribution < 1.29 is 0 Å². The number of H-pyrrole nitrogens is 1. The van der Waals surface area contributed by atoms with Gasteiger partial charge in [0.1, 0.15) is 5.65 Å². The molecule has 0 aliphatic carbocycles. The van der Waals surface area contributed by atoms with E-state index in [-0.39, 0.29) is 6.04 Å². The van der Waals surface area contributed by atoms with Gasteiger partial charge in [-0.1, -0.05) is 37.3 Å². The highest BCUT2D eigenvalue weighted by molar-refractivity contribution is 6.99. The molecule has 6 heteroatoms. The van der Waals surface area contributed by atoms with Gasteiger partial charge in [-0.15, -0.1) is 0 Å². The maximum absolute atomic E-state index is 4.55. The number of aromatic amines is 1. The number of anilines is 1. The van der Waals surface area contributed by atoms with Crippen molar-refractivity contribution in [3.8, 4) is 11.1 Å². The molecular formula is C22H19N5S. The van der Waals surface area contributed by atoms with Crippen LogP contribution in [0.1, 0.15) is 30.6 Å². The third-order valence-corrected chi connectivity index (χ3v) is 5.50. The molecule has 1 atom stereocenters. The molecule has 4 heterocycles. The van der Waals surface area contributed by atoms with Gasteiger partial charge in [0, 0.05) is 34.6 Å². The minimum absolute atomic E-state index is 0.0233. The summed E-state index contributed by atoms with van der Waals surface area (Å²) in [6.45, 7) is 2.14. The fourth-order valence-corrected chi connectivity index (χ4v) is 4.16. The summed E-state index contributed by atoms with van der Waals surface area (Å²) in [5.74, 6) is 0. The Morgan fingerprint density at radius 2 is 2.14 bits per heavy atom. The van der Waals surface area contributed by atoms with E-state index >= 15 is 0 Å². The summed E-state index contributed by atoms with van der Waals surface area (Å²) in [6, 6.07) is 10.5. The Bertz CT molecular complexity index is 1190. The van der Waals surface area contributed by atoms with Gasteiger partial charge >= 0.3 is 0 Å².